The van der Waals surface area contributed by atoms with Gasteiger partial charge < -0.3 is 15.0 Å². The second-order valence-corrected chi connectivity index (χ2v) is 6.33. The molecule has 130 valence electrons. The Morgan fingerprint density at radius 1 is 1.38 bits per heavy atom. The van der Waals surface area contributed by atoms with Crippen LogP contribution >= 0.6 is 0 Å². The van der Waals surface area contributed by atoms with Gasteiger partial charge in [-0.05, 0) is 37.5 Å². The first-order valence-corrected chi connectivity index (χ1v) is 8.73. The molecule has 0 radical (unpaired) electrons. The normalized spacial score (nSPS) is 15.2. The summed E-state index contributed by atoms with van der Waals surface area (Å²) in [5.41, 5.74) is 1.38. The second kappa shape index (κ2) is 8.24. The molecule has 1 fully saturated rings. The zero-order valence-corrected chi connectivity index (χ0v) is 13.8. The maximum atomic E-state index is 13.1. The second-order valence-electron chi connectivity index (χ2n) is 6.33. The van der Waals surface area contributed by atoms with Crippen LogP contribution in [-0.4, -0.2) is 35.1 Å². The molecule has 1 heterocycles. The van der Waals surface area contributed by atoms with Crippen LogP contribution in [0.4, 0.5) is 4.39 Å². The summed E-state index contributed by atoms with van der Waals surface area (Å²) in [5.74, 6) is 0.410. The van der Waals surface area contributed by atoms with Gasteiger partial charge in [0.2, 0.25) is 5.91 Å². The minimum atomic E-state index is -0.296. The first-order valence-electron chi connectivity index (χ1n) is 8.73. The van der Waals surface area contributed by atoms with E-state index in [-0.39, 0.29) is 11.7 Å². The average Bonchev–Trinajstić information content (AvgIpc) is 3.21. The van der Waals surface area contributed by atoms with Crippen LogP contribution in [0.3, 0.4) is 0 Å². The van der Waals surface area contributed by atoms with E-state index in [9.17, 15) is 9.18 Å². The van der Waals surface area contributed by atoms with Crippen LogP contribution in [0.15, 0.2) is 18.2 Å². The van der Waals surface area contributed by atoms with Gasteiger partial charge in [-0.3, -0.25) is 4.79 Å². The van der Waals surface area contributed by atoms with Crippen LogP contribution in [0.25, 0.3) is 11.0 Å². The summed E-state index contributed by atoms with van der Waals surface area (Å²) in [7, 11) is 0. The molecule has 2 aromatic rings. The first-order chi connectivity index (χ1) is 11.7. The van der Waals surface area contributed by atoms with E-state index < -0.39 is 0 Å². The molecule has 1 aliphatic rings. The molecular weight excluding hydrogens is 309 g/mol. The number of halogens is 1. The molecular formula is C18H24FN3O2. The summed E-state index contributed by atoms with van der Waals surface area (Å²) in [5, 5.41) is 2.90. The molecule has 24 heavy (non-hydrogen) atoms. The average molecular weight is 333 g/mol. The number of fused-ring (bicyclic) bond motifs is 1. The van der Waals surface area contributed by atoms with Crippen molar-refractivity contribution in [2.24, 2.45) is 0 Å². The van der Waals surface area contributed by atoms with Crippen molar-refractivity contribution >= 4 is 16.9 Å². The molecule has 1 aliphatic carbocycles. The number of nitrogens with zero attached hydrogens (tertiary/aromatic N) is 1. The Balaban J connectivity index is 1.32. The molecule has 3 rings (SSSR count). The highest BCUT2D eigenvalue weighted by molar-refractivity contribution is 5.77. The van der Waals surface area contributed by atoms with Crippen LogP contribution in [0.2, 0.25) is 0 Å². The number of carbonyl (C=O) groups excluding carboxylic acids is 1. The van der Waals surface area contributed by atoms with Crippen molar-refractivity contribution < 1.29 is 13.9 Å². The lowest BCUT2D eigenvalue weighted by Gasteiger charge is -2.11. The van der Waals surface area contributed by atoms with Crippen molar-refractivity contribution in [2.45, 2.75) is 51.0 Å². The highest BCUT2D eigenvalue weighted by atomic mass is 19.1. The Morgan fingerprint density at radius 3 is 3.04 bits per heavy atom. The number of aryl methyl sites for hydroxylation is 1. The number of H-pyrrole nitrogens is 1. The molecule has 1 aromatic carbocycles. The third-order valence-corrected chi connectivity index (χ3v) is 4.38. The van der Waals surface area contributed by atoms with E-state index >= 15 is 0 Å². The van der Waals surface area contributed by atoms with E-state index in [0.29, 0.717) is 43.4 Å². The summed E-state index contributed by atoms with van der Waals surface area (Å²) in [4.78, 5) is 19.3. The predicted molar refractivity (Wildman–Crippen MR) is 90.2 cm³/mol. The van der Waals surface area contributed by atoms with Gasteiger partial charge in [0.1, 0.15) is 11.6 Å². The lowest BCUT2D eigenvalue weighted by Crippen LogP contribution is -2.26. The Kier molecular flexibility index (Phi) is 5.80. The van der Waals surface area contributed by atoms with Crippen molar-refractivity contribution in [2.75, 3.05) is 13.2 Å². The van der Waals surface area contributed by atoms with Crippen molar-refractivity contribution in [1.29, 1.82) is 0 Å². The molecule has 0 saturated heterocycles. The highest BCUT2D eigenvalue weighted by Gasteiger charge is 2.14. The van der Waals surface area contributed by atoms with Gasteiger partial charge in [-0.15, -0.1) is 0 Å². The summed E-state index contributed by atoms with van der Waals surface area (Å²) >= 11 is 0. The third-order valence-electron chi connectivity index (χ3n) is 4.38. The van der Waals surface area contributed by atoms with Gasteiger partial charge in [0, 0.05) is 26.0 Å². The number of nitrogens with one attached hydrogen (secondary N) is 2. The Labute approximate surface area is 141 Å². The number of hydrogen-bond donors (Lipinski definition) is 2. The minimum absolute atomic E-state index is 0.00232. The van der Waals surface area contributed by atoms with Crippen LogP contribution in [0.5, 0.6) is 0 Å². The molecule has 0 atom stereocenters. The van der Waals surface area contributed by atoms with Crippen molar-refractivity contribution in [1.82, 2.24) is 15.3 Å². The Hall–Kier alpha value is -1.95. The van der Waals surface area contributed by atoms with Gasteiger partial charge >= 0.3 is 0 Å². The van der Waals surface area contributed by atoms with Gasteiger partial charge in [0.15, 0.2) is 0 Å². The number of aromatic nitrogens is 2. The number of hydrogen-bond acceptors (Lipinski definition) is 3. The summed E-state index contributed by atoms with van der Waals surface area (Å²) in [6.07, 6.45) is 7.05. The molecule has 1 amide bonds. The SMILES string of the molecule is O=C(CCc1nc2ccc(F)cc2[nH]1)NCCCOC1CCCC1. The lowest BCUT2D eigenvalue weighted by molar-refractivity contribution is -0.121. The zero-order chi connectivity index (χ0) is 16.8. The van der Waals surface area contributed by atoms with E-state index in [1.807, 2.05) is 0 Å². The van der Waals surface area contributed by atoms with Crippen LogP contribution in [0, 0.1) is 5.82 Å². The molecule has 6 heteroatoms. The van der Waals surface area contributed by atoms with Gasteiger partial charge in [0.25, 0.3) is 0 Å². The molecule has 0 bridgehead atoms. The topological polar surface area (TPSA) is 67.0 Å². The van der Waals surface area contributed by atoms with E-state index in [1.54, 1.807) is 6.07 Å². The fourth-order valence-corrected chi connectivity index (χ4v) is 3.08. The number of ether oxygens (including phenoxy) is 1. The molecule has 0 aliphatic heterocycles. The summed E-state index contributed by atoms with van der Waals surface area (Å²) in [6, 6.07) is 4.43. The number of benzene rings is 1. The maximum absolute atomic E-state index is 13.1. The Bertz CT molecular complexity index is 680. The van der Waals surface area contributed by atoms with Crippen LogP contribution < -0.4 is 5.32 Å². The van der Waals surface area contributed by atoms with Crippen LogP contribution in [-0.2, 0) is 16.0 Å². The maximum Gasteiger partial charge on any atom is 0.220 e. The third kappa shape index (κ3) is 4.77. The van der Waals surface area contributed by atoms with Crippen molar-refractivity contribution in [3.63, 3.8) is 0 Å². The fraction of sp³-hybridized carbons (Fsp3) is 0.556. The van der Waals surface area contributed by atoms with E-state index in [0.717, 1.165) is 11.9 Å². The fourth-order valence-electron chi connectivity index (χ4n) is 3.08. The summed E-state index contributed by atoms with van der Waals surface area (Å²) in [6.45, 7) is 1.34. The number of rotatable bonds is 8. The lowest BCUT2D eigenvalue weighted by atomic mass is 10.3. The monoisotopic (exact) mass is 333 g/mol. The van der Waals surface area contributed by atoms with Gasteiger partial charge in [-0.2, -0.15) is 0 Å². The number of carbonyl (C=O) groups is 1. The summed E-state index contributed by atoms with van der Waals surface area (Å²) < 4.78 is 18.9. The molecule has 0 spiro atoms. The molecule has 0 unspecified atom stereocenters. The Morgan fingerprint density at radius 2 is 2.21 bits per heavy atom. The standard InChI is InChI=1S/C18H24FN3O2/c19-13-6-7-15-16(12-13)22-17(21-15)8-9-18(23)20-10-3-11-24-14-4-1-2-5-14/h6-7,12,14H,1-5,8-11H2,(H,20,23)(H,21,22). The van der Waals surface area contributed by atoms with E-state index in [2.05, 4.69) is 15.3 Å². The highest BCUT2D eigenvalue weighted by Crippen LogP contribution is 2.20. The largest absolute Gasteiger partial charge is 0.378 e. The number of amides is 1. The van der Waals surface area contributed by atoms with Crippen molar-refractivity contribution in [3.05, 3.63) is 29.8 Å². The van der Waals surface area contributed by atoms with Gasteiger partial charge in [-0.25, -0.2) is 9.37 Å². The predicted octanol–water partition coefficient (Wildman–Crippen LogP) is 3.10. The zero-order valence-electron chi connectivity index (χ0n) is 13.8. The molecule has 2 N–H and O–H groups in total. The molecule has 5 nitrogen and oxygen atoms in total. The number of imidazole rings is 1. The van der Waals surface area contributed by atoms with E-state index in [4.69, 9.17) is 4.74 Å². The van der Waals surface area contributed by atoms with E-state index in [1.165, 1.54) is 37.8 Å². The van der Waals surface area contributed by atoms with Gasteiger partial charge in [0.05, 0.1) is 17.1 Å². The number of aromatic amines is 1. The van der Waals surface area contributed by atoms with Gasteiger partial charge in [-0.1, -0.05) is 12.8 Å². The quantitative estimate of drug-likeness (QED) is 0.730. The van der Waals surface area contributed by atoms with Crippen molar-refractivity contribution in [3.8, 4) is 0 Å². The molecule has 1 saturated carbocycles. The first kappa shape index (κ1) is 16.9. The van der Waals surface area contributed by atoms with Crippen LogP contribution in [0.1, 0.15) is 44.3 Å². The molecule has 1 aromatic heterocycles. The minimum Gasteiger partial charge on any atom is -0.378 e. The smallest absolute Gasteiger partial charge is 0.220 e.